The van der Waals surface area contributed by atoms with Gasteiger partial charge in [0, 0.05) is 4.88 Å². The Morgan fingerprint density at radius 2 is 2.07 bits per heavy atom. The molecule has 0 fully saturated rings. The minimum absolute atomic E-state index is 0.0537. The average molecular weight is 381 g/mol. The van der Waals surface area contributed by atoms with Gasteiger partial charge >= 0.3 is 0 Å². The Labute approximate surface area is 160 Å². The molecule has 1 atom stereocenters. The molecule has 4 rings (SSSR count). The van der Waals surface area contributed by atoms with Gasteiger partial charge in [0.15, 0.2) is 0 Å². The van der Waals surface area contributed by atoms with Crippen LogP contribution in [0.4, 0.5) is 0 Å². The molecule has 1 aromatic carbocycles. The summed E-state index contributed by atoms with van der Waals surface area (Å²) in [4.78, 5) is 19.4. The van der Waals surface area contributed by atoms with Crippen molar-refractivity contribution in [2.75, 3.05) is 6.61 Å². The molecule has 1 aliphatic carbocycles. The molecule has 2 heterocycles. The van der Waals surface area contributed by atoms with Crippen molar-refractivity contribution in [1.29, 1.82) is 5.26 Å². The molecule has 0 saturated heterocycles. The van der Waals surface area contributed by atoms with Gasteiger partial charge in [0.25, 0.3) is 5.56 Å². The van der Waals surface area contributed by atoms with Crippen LogP contribution in [0, 0.1) is 11.3 Å². The van der Waals surface area contributed by atoms with Gasteiger partial charge in [-0.3, -0.25) is 9.36 Å². The van der Waals surface area contributed by atoms with Crippen LogP contribution in [0.2, 0.25) is 0 Å². The molecule has 2 aromatic heterocycles. The van der Waals surface area contributed by atoms with Crippen LogP contribution in [-0.4, -0.2) is 27.4 Å². The van der Waals surface area contributed by atoms with Crippen LogP contribution in [0.3, 0.4) is 0 Å². The number of fused-ring (bicyclic) bond motifs is 3. The van der Waals surface area contributed by atoms with Crippen molar-refractivity contribution < 1.29 is 9.84 Å². The van der Waals surface area contributed by atoms with Gasteiger partial charge in [-0.1, -0.05) is 0 Å². The lowest BCUT2D eigenvalue weighted by molar-refractivity contribution is 0.0915. The maximum absolute atomic E-state index is 12.9. The number of rotatable bonds is 5. The van der Waals surface area contributed by atoms with Crippen molar-refractivity contribution >= 4 is 21.6 Å². The van der Waals surface area contributed by atoms with Gasteiger partial charge in [-0.25, -0.2) is 4.98 Å². The molecule has 27 heavy (non-hydrogen) atoms. The maximum Gasteiger partial charge on any atom is 0.262 e. The van der Waals surface area contributed by atoms with E-state index in [1.165, 1.54) is 22.2 Å². The number of thiophene rings is 1. The second-order valence-corrected chi connectivity index (χ2v) is 7.78. The van der Waals surface area contributed by atoms with E-state index < -0.39 is 6.10 Å². The lowest BCUT2D eigenvalue weighted by Crippen LogP contribution is -2.30. The molecule has 0 spiro atoms. The van der Waals surface area contributed by atoms with Gasteiger partial charge < -0.3 is 9.84 Å². The lowest BCUT2D eigenvalue weighted by atomic mass is 9.97. The van der Waals surface area contributed by atoms with Crippen LogP contribution in [0.1, 0.15) is 28.8 Å². The Balaban J connectivity index is 1.48. The quantitative estimate of drug-likeness (QED) is 0.734. The molecule has 3 aromatic rings. The van der Waals surface area contributed by atoms with Crippen molar-refractivity contribution in [1.82, 2.24) is 9.55 Å². The Bertz CT molecular complexity index is 1060. The number of ether oxygens (including phenoxy) is 1. The topological polar surface area (TPSA) is 88.1 Å². The second-order valence-electron chi connectivity index (χ2n) is 6.69. The van der Waals surface area contributed by atoms with Crippen LogP contribution in [0.5, 0.6) is 5.75 Å². The van der Waals surface area contributed by atoms with E-state index in [1.807, 2.05) is 6.07 Å². The fourth-order valence-corrected chi connectivity index (χ4v) is 4.63. The van der Waals surface area contributed by atoms with Gasteiger partial charge in [0.2, 0.25) is 0 Å². The number of aromatic nitrogens is 2. The third-order valence-electron chi connectivity index (χ3n) is 4.78. The van der Waals surface area contributed by atoms with Gasteiger partial charge in [-0.2, -0.15) is 5.26 Å². The Kier molecular flexibility index (Phi) is 4.92. The number of nitrogens with zero attached hydrogens (tertiary/aromatic N) is 3. The molecule has 0 radical (unpaired) electrons. The summed E-state index contributed by atoms with van der Waals surface area (Å²) in [5.74, 6) is 0.570. The van der Waals surface area contributed by atoms with Gasteiger partial charge in [-0.05, 0) is 55.5 Å². The van der Waals surface area contributed by atoms with Gasteiger partial charge in [0.05, 0.1) is 29.9 Å². The summed E-state index contributed by atoms with van der Waals surface area (Å²) in [7, 11) is 0. The molecule has 0 saturated carbocycles. The van der Waals surface area contributed by atoms with E-state index in [9.17, 15) is 9.90 Å². The van der Waals surface area contributed by atoms with Crippen LogP contribution in [0.15, 0.2) is 35.4 Å². The number of aliphatic hydroxyl groups is 1. The van der Waals surface area contributed by atoms with Crippen molar-refractivity contribution in [3.8, 4) is 11.8 Å². The molecule has 7 heteroatoms. The largest absolute Gasteiger partial charge is 0.491 e. The third-order valence-corrected chi connectivity index (χ3v) is 5.97. The average Bonchev–Trinajstić information content (AvgIpc) is 3.08. The van der Waals surface area contributed by atoms with E-state index in [0.29, 0.717) is 11.3 Å². The summed E-state index contributed by atoms with van der Waals surface area (Å²) < 4.78 is 7.02. The van der Waals surface area contributed by atoms with Crippen LogP contribution in [-0.2, 0) is 19.4 Å². The van der Waals surface area contributed by atoms with E-state index in [-0.39, 0.29) is 18.7 Å². The molecule has 6 nitrogen and oxygen atoms in total. The number of aliphatic hydroxyl groups excluding tert-OH is 1. The van der Waals surface area contributed by atoms with Crippen LogP contribution >= 0.6 is 11.3 Å². The summed E-state index contributed by atoms with van der Waals surface area (Å²) in [6.07, 6.45) is 4.90. The number of hydrogen-bond donors (Lipinski definition) is 1. The zero-order valence-corrected chi connectivity index (χ0v) is 15.5. The number of aryl methyl sites for hydroxylation is 2. The fraction of sp³-hybridized carbons (Fsp3) is 0.350. The minimum Gasteiger partial charge on any atom is -0.491 e. The molecule has 0 amide bonds. The summed E-state index contributed by atoms with van der Waals surface area (Å²) in [5.41, 5.74) is 1.61. The lowest BCUT2D eigenvalue weighted by Gasteiger charge is -2.14. The Morgan fingerprint density at radius 1 is 1.30 bits per heavy atom. The van der Waals surface area contributed by atoms with E-state index in [0.717, 1.165) is 35.0 Å². The van der Waals surface area contributed by atoms with Crippen LogP contribution in [0.25, 0.3) is 10.2 Å². The number of nitriles is 1. The summed E-state index contributed by atoms with van der Waals surface area (Å²) in [5, 5.41) is 19.8. The highest BCUT2D eigenvalue weighted by Crippen LogP contribution is 2.33. The monoisotopic (exact) mass is 381 g/mol. The first kappa shape index (κ1) is 17.7. The highest BCUT2D eigenvalue weighted by Gasteiger charge is 2.20. The third kappa shape index (κ3) is 3.59. The summed E-state index contributed by atoms with van der Waals surface area (Å²) >= 11 is 1.62. The van der Waals surface area contributed by atoms with Gasteiger partial charge in [0.1, 0.15) is 23.3 Å². The van der Waals surface area contributed by atoms with Crippen LogP contribution < -0.4 is 10.3 Å². The van der Waals surface area contributed by atoms with Crippen molar-refractivity contribution in [3.05, 3.63) is 57.0 Å². The smallest absolute Gasteiger partial charge is 0.262 e. The minimum atomic E-state index is -0.841. The molecule has 0 unspecified atom stereocenters. The highest BCUT2D eigenvalue weighted by atomic mass is 32.1. The molecular weight excluding hydrogens is 362 g/mol. The van der Waals surface area contributed by atoms with Crippen molar-refractivity contribution in [2.24, 2.45) is 0 Å². The Morgan fingerprint density at radius 3 is 2.85 bits per heavy atom. The predicted octanol–water partition coefficient (Wildman–Crippen LogP) is 2.65. The first-order valence-electron chi connectivity index (χ1n) is 8.96. The summed E-state index contributed by atoms with van der Waals surface area (Å²) in [6, 6.07) is 8.72. The molecule has 138 valence electrons. The SMILES string of the molecule is N#Cc1ccc(OC[C@H](O)Cn2cnc3sc4c(c3c2=O)CCCC4)cc1. The highest BCUT2D eigenvalue weighted by molar-refractivity contribution is 7.18. The van der Waals surface area contributed by atoms with E-state index in [4.69, 9.17) is 10.00 Å². The predicted molar refractivity (Wildman–Crippen MR) is 103 cm³/mol. The molecular formula is C20H19N3O3S. The van der Waals surface area contributed by atoms with Crippen molar-refractivity contribution in [2.45, 2.75) is 38.3 Å². The number of hydrogen-bond acceptors (Lipinski definition) is 6. The Hall–Kier alpha value is -2.69. The van der Waals surface area contributed by atoms with E-state index >= 15 is 0 Å². The molecule has 0 aliphatic heterocycles. The van der Waals surface area contributed by atoms with E-state index in [2.05, 4.69) is 4.98 Å². The second kappa shape index (κ2) is 7.51. The zero-order chi connectivity index (χ0) is 18.8. The molecule has 0 bridgehead atoms. The zero-order valence-electron chi connectivity index (χ0n) is 14.7. The summed E-state index contributed by atoms with van der Waals surface area (Å²) in [6.45, 7) is 0.181. The standard InChI is InChI=1S/C20H19N3O3S/c21-9-13-5-7-15(8-6-13)26-11-14(24)10-23-12-22-19-18(20(23)25)16-3-1-2-4-17(16)27-19/h5-8,12,14,24H,1-4,10-11H2/t14-/m1/s1. The maximum atomic E-state index is 12.9. The van der Waals surface area contributed by atoms with Crippen molar-refractivity contribution in [3.63, 3.8) is 0 Å². The first-order chi connectivity index (χ1) is 13.2. The van der Waals surface area contributed by atoms with Gasteiger partial charge in [-0.15, -0.1) is 11.3 Å². The normalized spacial score (nSPS) is 14.5. The fourth-order valence-electron chi connectivity index (χ4n) is 3.41. The molecule has 1 N–H and O–H groups in total. The molecule has 1 aliphatic rings. The number of benzene rings is 1. The first-order valence-corrected chi connectivity index (χ1v) is 9.78. The van der Waals surface area contributed by atoms with E-state index in [1.54, 1.807) is 35.6 Å².